The molecule has 0 heterocycles. The van der Waals surface area contributed by atoms with Crippen molar-refractivity contribution < 1.29 is 24.5 Å². The van der Waals surface area contributed by atoms with E-state index in [4.69, 9.17) is 4.74 Å². The minimum Gasteiger partial charge on any atom is -0.462 e. The van der Waals surface area contributed by atoms with Crippen LogP contribution in [-0.2, 0) is 14.3 Å². The molecule has 0 aliphatic carbocycles. The van der Waals surface area contributed by atoms with Crippen LogP contribution in [0.25, 0.3) is 0 Å². The molecule has 0 aromatic rings. The Morgan fingerprint density at radius 3 is 1.57 bits per heavy atom. The van der Waals surface area contributed by atoms with Crippen LogP contribution in [0.15, 0.2) is 85.1 Å². The molecule has 0 aliphatic heterocycles. The summed E-state index contributed by atoms with van der Waals surface area (Å²) in [6, 6.07) is -0.724. The van der Waals surface area contributed by atoms with Crippen molar-refractivity contribution in [2.24, 2.45) is 0 Å². The number of ether oxygens (including phenoxy) is 1. The van der Waals surface area contributed by atoms with E-state index >= 15 is 0 Å². The number of nitrogens with one attached hydrogen (secondary N) is 1. The zero-order chi connectivity index (χ0) is 39.6. The second kappa shape index (κ2) is 41.2. The molecule has 3 unspecified atom stereocenters. The van der Waals surface area contributed by atoms with Crippen molar-refractivity contribution in [1.29, 1.82) is 0 Å². The third kappa shape index (κ3) is 36.0. The molecule has 0 radical (unpaired) electrons. The van der Waals surface area contributed by atoms with Gasteiger partial charge in [-0.25, -0.2) is 0 Å². The Hall–Kier alpha value is -2.96. The van der Waals surface area contributed by atoms with Crippen molar-refractivity contribution in [3.63, 3.8) is 0 Å². The fourth-order valence-corrected chi connectivity index (χ4v) is 6.04. The first kappa shape index (κ1) is 51.0. The van der Waals surface area contributed by atoms with Crippen LogP contribution >= 0.6 is 0 Å². The van der Waals surface area contributed by atoms with Gasteiger partial charge in [-0.2, -0.15) is 0 Å². The highest BCUT2D eigenvalue weighted by Crippen LogP contribution is 2.16. The van der Waals surface area contributed by atoms with Gasteiger partial charge in [0.2, 0.25) is 5.91 Å². The van der Waals surface area contributed by atoms with Gasteiger partial charge in [-0.15, -0.1) is 0 Å². The van der Waals surface area contributed by atoms with Gasteiger partial charge in [0.15, 0.2) is 0 Å². The normalized spacial score (nSPS) is 14.2. The number of rotatable bonds is 37. The number of amides is 1. The summed E-state index contributed by atoms with van der Waals surface area (Å²) in [5.41, 5.74) is 0. The maximum absolute atomic E-state index is 13.1. The average molecular weight is 752 g/mol. The van der Waals surface area contributed by atoms with Crippen LogP contribution in [0.1, 0.15) is 181 Å². The lowest BCUT2D eigenvalue weighted by Crippen LogP contribution is -2.46. The summed E-state index contributed by atoms with van der Waals surface area (Å²) < 4.78 is 5.84. The minimum atomic E-state index is -0.807. The van der Waals surface area contributed by atoms with E-state index < -0.39 is 18.2 Å². The molecule has 0 aliphatic rings. The van der Waals surface area contributed by atoms with Gasteiger partial charge in [0.05, 0.1) is 25.2 Å². The molecule has 1 amide bonds. The second-order valence-corrected chi connectivity index (χ2v) is 14.5. The number of hydrogen-bond acceptors (Lipinski definition) is 5. The van der Waals surface area contributed by atoms with Gasteiger partial charge in [0.1, 0.15) is 6.10 Å². The zero-order valence-corrected chi connectivity index (χ0v) is 34.8. The predicted molar refractivity (Wildman–Crippen MR) is 231 cm³/mol. The molecule has 0 saturated carbocycles. The van der Waals surface area contributed by atoms with Crippen LogP contribution < -0.4 is 5.32 Å². The molecule has 0 rings (SSSR count). The molecule has 0 fully saturated rings. The van der Waals surface area contributed by atoms with E-state index in [1.165, 1.54) is 57.8 Å². The van der Waals surface area contributed by atoms with Crippen molar-refractivity contribution in [2.45, 2.75) is 200 Å². The molecule has 0 aromatic heterocycles. The van der Waals surface area contributed by atoms with Crippen molar-refractivity contribution in [1.82, 2.24) is 5.32 Å². The second-order valence-electron chi connectivity index (χ2n) is 14.5. The van der Waals surface area contributed by atoms with E-state index in [9.17, 15) is 19.8 Å². The molecule has 6 nitrogen and oxygen atoms in total. The maximum atomic E-state index is 13.1. The van der Waals surface area contributed by atoms with Crippen molar-refractivity contribution in [3.05, 3.63) is 85.1 Å². The topological polar surface area (TPSA) is 95.9 Å². The molecule has 0 bridgehead atoms. The van der Waals surface area contributed by atoms with Crippen LogP contribution in [0.4, 0.5) is 0 Å². The molecule has 308 valence electrons. The van der Waals surface area contributed by atoms with Gasteiger partial charge in [-0.05, 0) is 64.2 Å². The van der Waals surface area contributed by atoms with Gasteiger partial charge in [-0.1, -0.05) is 189 Å². The number of aliphatic hydroxyl groups is 2. The van der Waals surface area contributed by atoms with Gasteiger partial charge in [0, 0.05) is 6.42 Å². The van der Waals surface area contributed by atoms with Crippen LogP contribution in [0.2, 0.25) is 0 Å². The van der Waals surface area contributed by atoms with Crippen molar-refractivity contribution in [2.75, 3.05) is 6.61 Å². The fraction of sp³-hybridized carbons (Fsp3) is 0.667. The van der Waals surface area contributed by atoms with Crippen LogP contribution in [0.5, 0.6) is 0 Å². The van der Waals surface area contributed by atoms with E-state index in [-0.39, 0.29) is 31.3 Å². The first-order valence-electron chi connectivity index (χ1n) is 21.9. The lowest BCUT2D eigenvalue weighted by Gasteiger charge is -2.24. The van der Waals surface area contributed by atoms with Gasteiger partial charge < -0.3 is 20.3 Å². The molecule has 54 heavy (non-hydrogen) atoms. The van der Waals surface area contributed by atoms with Gasteiger partial charge in [0.25, 0.3) is 0 Å². The monoisotopic (exact) mass is 752 g/mol. The maximum Gasteiger partial charge on any atom is 0.306 e. The highest BCUT2D eigenvalue weighted by atomic mass is 16.5. The Bertz CT molecular complexity index is 1070. The van der Waals surface area contributed by atoms with E-state index in [1.807, 2.05) is 54.7 Å². The Kier molecular flexibility index (Phi) is 38.9. The standard InChI is InChI=1S/C48H81NO5/c1-4-7-10-13-16-19-21-23-25-28-30-33-36-39-44(54-48(53)41-38-35-32-29-26-24-22-20-17-14-11-8-5-2)42-47(52)49-45(43-50)46(51)40-37-34-31-27-18-15-12-9-6-3/h8,11,14,16-17,19-24,26,29,32,44-46,50-51H,4-7,9-10,12-13,15,18,25,27-28,30-31,33-43H2,1-3H3,(H,49,52)/b11-8+,17-14+,19-16+,22-20-,23-21+,26-24-,32-29+. The molecule has 0 spiro atoms. The largest absolute Gasteiger partial charge is 0.462 e. The molecule has 0 saturated heterocycles. The number of hydrogen-bond donors (Lipinski definition) is 3. The lowest BCUT2D eigenvalue weighted by molar-refractivity contribution is -0.151. The van der Waals surface area contributed by atoms with E-state index in [0.717, 1.165) is 70.6 Å². The summed E-state index contributed by atoms with van der Waals surface area (Å²) in [6.45, 7) is 6.23. The third-order valence-corrected chi connectivity index (χ3v) is 9.36. The number of carbonyl (C=O) groups is 2. The number of allylic oxidation sites excluding steroid dienone is 14. The van der Waals surface area contributed by atoms with Crippen LogP contribution in [0.3, 0.4) is 0 Å². The van der Waals surface area contributed by atoms with Crippen LogP contribution in [-0.4, -0.2) is 46.9 Å². The molecular formula is C48H81NO5. The summed E-state index contributed by atoms with van der Waals surface area (Å²) >= 11 is 0. The molecule has 0 aromatic carbocycles. The number of esters is 1. The minimum absolute atomic E-state index is 0.0304. The predicted octanol–water partition coefficient (Wildman–Crippen LogP) is 12.4. The zero-order valence-electron chi connectivity index (χ0n) is 34.8. The van der Waals surface area contributed by atoms with Gasteiger partial charge >= 0.3 is 5.97 Å². The summed E-state index contributed by atoms with van der Waals surface area (Å²) in [6.07, 6.45) is 52.2. The SMILES string of the molecule is CC/C=C/C=C/C=C\C=C/C=C/CCCC(=O)OC(CCCCCC/C=C/C=C/CCCCC)CC(=O)NC(CO)C(O)CCCCCCCCCCC. The highest BCUT2D eigenvalue weighted by Gasteiger charge is 2.24. The summed E-state index contributed by atoms with van der Waals surface area (Å²) in [5, 5.41) is 23.5. The van der Waals surface area contributed by atoms with Crippen molar-refractivity contribution in [3.8, 4) is 0 Å². The quantitative estimate of drug-likeness (QED) is 0.0334. The smallest absolute Gasteiger partial charge is 0.306 e. The summed E-state index contributed by atoms with van der Waals surface area (Å²) in [5.74, 6) is -0.594. The fourth-order valence-electron chi connectivity index (χ4n) is 6.04. The summed E-state index contributed by atoms with van der Waals surface area (Å²) in [4.78, 5) is 25.9. The summed E-state index contributed by atoms with van der Waals surface area (Å²) in [7, 11) is 0. The Morgan fingerprint density at radius 2 is 1.00 bits per heavy atom. The van der Waals surface area contributed by atoms with E-state index in [0.29, 0.717) is 19.3 Å². The number of aliphatic hydroxyl groups excluding tert-OH is 2. The first-order valence-corrected chi connectivity index (χ1v) is 21.9. The number of unbranched alkanes of at least 4 members (excludes halogenated alkanes) is 16. The average Bonchev–Trinajstić information content (AvgIpc) is 3.16. The molecule has 3 N–H and O–H groups in total. The first-order chi connectivity index (χ1) is 26.5. The Morgan fingerprint density at radius 1 is 0.556 bits per heavy atom. The molecule has 6 heteroatoms. The lowest BCUT2D eigenvalue weighted by atomic mass is 10.0. The third-order valence-electron chi connectivity index (χ3n) is 9.36. The Labute approximate surface area is 332 Å². The van der Waals surface area contributed by atoms with Crippen molar-refractivity contribution >= 4 is 11.9 Å². The Balaban J connectivity index is 4.81. The molecular weight excluding hydrogens is 671 g/mol. The number of carbonyl (C=O) groups excluding carboxylic acids is 2. The highest BCUT2D eigenvalue weighted by molar-refractivity contribution is 5.77. The van der Waals surface area contributed by atoms with E-state index in [1.54, 1.807) is 0 Å². The van der Waals surface area contributed by atoms with Gasteiger partial charge in [-0.3, -0.25) is 9.59 Å². The molecule has 3 atom stereocenters. The van der Waals surface area contributed by atoms with Crippen LogP contribution in [0, 0.1) is 0 Å². The van der Waals surface area contributed by atoms with E-state index in [2.05, 4.69) is 56.5 Å².